The van der Waals surface area contributed by atoms with Gasteiger partial charge in [-0.1, -0.05) is 17.7 Å². The predicted molar refractivity (Wildman–Crippen MR) is 112 cm³/mol. The smallest absolute Gasteiger partial charge is 0.248 e. The van der Waals surface area contributed by atoms with E-state index < -0.39 is 0 Å². The topological polar surface area (TPSA) is 86.0 Å². The molecule has 0 fully saturated rings. The van der Waals surface area contributed by atoms with Gasteiger partial charge < -0.3 is 15.8 Å². The van der Waals surface area contributed by atoms with E-state index in [0.717, 1.165) is 32.7 Å². The number of ether oxygens (including phenoxy) is 1. The number of nitrogens with one attached hydrogen (secondary N) is 1. The van der Waals surface area contributed by atoms with Crippen molar-refractivity contribution in [1.29, 1.82) is 0 Å². The Labute approximate surface area is 167 Å². The van der Waals surface area contributed by atoms with E-state index in [1.807, 2.05) is 56.3 Å². The first-order valence-electron chi connectivity index (χ1n) is 8.69. The maximum atomic E-state index is 6.27. The molecule has 0 bridgehead atoms. The molecular weight excluding hydrogens is 374 g/mol. The standard InChI is InChI=1S/C21H18ClN5O/c1-12-9-14(10-13(2)18(12)22)28-21-19(23)20(25-11-26-21)27-17-7-3-6-16-15(17)5-4-8-24-16/h3-11H,23H2,1-2H3,(H,25,26,27). The third-order valence-corrected chi connectivity index (χ3v) is 4.97. The number of benzene rings is 2. The summed E-state index contributed by atoms with van der Waals surface area (Å²) in [6.45, 7) is 3.85. The second kappa shape index (κ2) is 7.32. The highest BCUT2D eigenvalue weighted by Gasteiger charge is 2.13. The first-order chi connectivity index (χ1) is 13.5. The van der Waals surface area contributed by atoms with Gasteiger partial charge in [0.2, 0.25) is 5.88 Å². The van der Waals surface area contributed by atoms with Crippen LogP contribution < -0.4 is 15.8 Å². The van der Waals surface area contributed by atoms with Crippen LogP contribution >= 0.6 is 11.6 Å². The minimum atomic E-state index is 0.275. The summed E-state index contributed by atoms with van der Waals surface area (Å²) in [4.78, 5) is 12.8. The number of nitrogens with zero attached hydrogens (tertiary/aromatic N) is 3. The molecule has 0 aliphatic carbocycles. The molecule has 0 aliphatic heterocycles. The minimum Gasteiger partial charge on any atom is -0.437 e. The van der Waals surface area contributed by atoms with Crippen LogP contribution in [0.1, 0.15) is 11.1 Å². The zero-order chi connectivity index (χ0) is 19.7. The molecule has 0 saturated heterocycles. The summed E-state index contributed by atoms with van der Waals surface area (Å²) in [5.74, 6) is 1.35. The average Bonchev–Trinajstić information content (AvgIpc) is 2.69. The van der Waals surface area contributed by atoms with Crippen LogP contribution in [-0.2, 0) is 0 Å². The summed E-state index contributed by atoms with van der Waals surface area (Å²) in [5, 5.41) is 4.94. The lowest BCUT2D eigenvalue weighted by Crippen LogP contribution is -2.03. The molecular formula is C21H18ClN5O. The van der Waals surface area contributed by atoms with Gasteiger partial charge in [0.1, 0.15) is 17.8 Å². The highest BCUT2D eigenvalue weighted by Crippen LogP contribution is 2.34. The van der Waals surface area contributed by atoms with Gasteiger partial charge in [0.05, 0.1) is 5.52 Å². The highest BCUT2D eigenvalue weighted by atomic mass is 35.5. The maximum Gasteiger partial charge on any atom is 0.248 e. The number of pyridine rings is 1. The number of aromatic nitrogens is 3. The first kappa shape index (κ1) is 18.0. The van der Waals surface area contributed by atoms with Crippen molar-refractivity contribution < 1.29 is 4.74 Å². The summed E-state index contributed by atoms with van der Waals surface area (Å²) in [6, 6.07) is 13.4. The molecule has 2 aromatic heterocycles. The van der Waals surface area contributed by atoms with Gasteiger partial charge in [0, 0.05) is 22.3 Å². The molecule has 3 N–H and O–H groups in total. The predicted octanol–water partition coefficient (Wildman–Crippen LogP) is 5.41. The summed E-state index contributed by atoms with van der Waals surface area (Å²) >= 11 is 6.23. The Morgan fingerprint density at radius 1 is 1.00 bits per heavy atom. The van der Waals surface area contributed by atoms with Crippen molar-refractivity contribution in [2.24, 2.45) is 0 Å². The summed E-state index contributed by atoms with van der Waals surface area (Å²) in [5.41, 5.74) is 10.2. The number of aryl methyl sites for hydroxylation is 2. The van der Waals surface area contributed by atoms with Crippen molar-refractivity contribution >= 4 is 39.7 Å². The normalized spacial score (nSPS) is 10.8. The molecule has 7 heteroatoms. The van der Waals surface area contributed by atoms with Crippen LogP contribution in [-0.4, -0.2) is 15.0 Å². The first-order valence-corrected chi connectivity index (χ1v) is 9.06. The van der Waals surface area contributed by atoms with Gasteiger partial charge in [-0.15, -0.1) is 0 Å². The number of hydrogen-bond acceptors (Lipinski definition) is 6. The van der Waals surface area contributed by atoms with E-state index in [1.54, 1.807) is 6.20 Å². The van der Waals surface area contributed by atoms with E-state index in [1.165, 1.54) is 6.33 Å². The van der Waals surface area contributed by atoms with Gasteiger partial charge in [0.15, 0.2) is 5.82 Å². The Balaban J connectivity index is 1.67. The Hall–Kier alpha value is -3.38. The van der Waals surface area contributed by atoms with E-state index >= 15 is 0 Å². The third kappa shape index (κ3) is 3.42. The van der Waals surface area contributed by atoms with Crippen molar-refractivity contribution in [3.05, 3.63) is 71.1 Å². The van der Waals surface area contributed by atoms with Crippen molar-refractivity contribution in [2.45, 2.75) is 13.8 Å². The van der Waals surface area contributed by atoms with Crippen molar-refractivity contribution in [3.63, 3.8) is 0 Å². The Kier molecular flexibility index (Phi) is 4.71. The molecule has 2 aromatic carbocycles. The van der Waals surface area contributed by atoms with E-state index in [4.69, 9.17) is 22.1 Å². The zero-order valence-corrected chi connectivity index (χ0v) is 16.2. The van der Waals surface area contributed by atoms with E-state index in [2.05, 4.69) is 20.3 Å². The third-order valence-electron chi connectivity index (χ3n) is 4.37. The molecule has 0 amide bonds. The van der Waals surface area contributed by atoms with Crippen LogP contribution in [0.15, 0.2) is 55.0 Å². The minimum absolute atomic E-state index is 0.275. The Bertz CT molecular complexity index is 1150. The molecule has 0 radical (unpaired) electrons. The molecule has 0 atom stereocenters. The number of halogens is 1. The van der Waals surface area contributed by atoms with Crippen LogP contribution in [0.5, 0.6) is 11.6 Å². The lowest BCUT2D eigenvalue weighted by molar-refractivity contribution is 0.464. The quantitative estimate of drug-likeness (QED) is 0.483. The maximum absolute atomic E-state index is 6.27. The van der Waals surface area contributed by atoms with Gasteiger partial charge in [0.25, 0.3) is 0 Å². The molecule has 2 heterocycles. The SMILES string of the molecule is Cc1cc(Oc2ncnc(Nc3cccc4ncccc34)c2N)cc(C)c1Cl. The lowest BCUT2D eigenvalue weighted by Gasteiger charge is -2.14. The molecule has 0 aliphatic rings. The van der Waals surface area contributed by atoms with E-state index in [9.17, 15) is 0 Å². The lowest BCUT2D eigenvalue weighted by atomic mass is 10.1. The van der Waals surface area contributed by atoms with Crippen molar-refractivity contribution in [3.8, 4) is 11.6 Å². The molecule has 0 spiro atoms. The fourth-order valence-corrected chi connectivity index (χ4v) is 3.09. The van der Waals surface area contributed by atoms with Gasteiger partial charge in [-0.05, 0) is 61.4 Å². The number of fused-ring (bicyclic) bond motifs is 1. The number of anilines is 3. The molecule has 4 aromatic rings. The Morgan fingerprint density at radius 2 is 1.79 bits per heavy atom. The Morgan fingerprint density at radius 3 is 2.57 bits per heavy atom. The number of nitrogen functional groups attached to an aromatic ring is 1. The van der Waals surface area contributed by atoms with Crippen LogP contribution in [0.4, 0.5) is 17.2 Å². The largest absolute Gasteiger partial charge is 0.437 e. The second-order valence-corrected chi connectivity index (χ2v) is 6.79. The van der Waals surface area contributed by atoms with Crippen molar-refractivity contribution in [2.75, 3.05) is 11.1 Å². The van der Waals surface area contributed by atoms with Gasteiger partial charge >= 0.3 is 0 Å². The zero-order valence-electron chi connectivity index (χ0n) is 15.4. The van der Waals surface area contributed by atoms with Crippen molar-refractivity contribution in [1.82, 2.24) is 15.0 Å². The van der Waals surface area contributed by atoms with E-state index in [0.29, 0.717) is 17.3 Å². The van der Waals surface area contributed by atoms with Crippen LogP contribution in [0.2, 0.25) is 5.02 Å². The van der Waals surface area contributed by atoms with Gasteiger partial charge in [-0.25, -0.2) is 4.98 Å². The monoisotopic (exact) mass is 391 g/mol. The van der Waals surface area contributed by atoms with Crippen LogP contribution in [0.25, 0.3) is 10.9 Å². The highest BCUT2D eigenvalue weighted by molar-refractivity contribution is 6.32. The molecule has 0 unspecified atom stereocenters. The number of hydrogen-bond donors (Lipinski definition) is 2. The fourth-order valence-electron chi connectivity index (χ4n) is 2.98. The summed E-state index contributed by atoms with van der Waals surface area (Å²) in [7, 11) is 0. The summed E-state index contributed by atoms with van der Waals surface area (Å²) < 4.78 is 5.90. The molecule has 4 rings (SSSR count). The molecule has 140 valence electrons. The molecule has 6 nitrogen and oxygen atoms in total. The average molecular weight is 392 g/mol. The number of nitrogens with two attached hydrogens (primary N) is 1. The summed E-state index contributed by atoms with van der Waals surface area (Å²) in [6.07, 6.45) is 3.17. The fraction of sp³-hybridized carbons (Fsp3) is 0.0952. The molecule has 28 heavy (non-hydrogen) atoms. The van der Waals surface area contributed by atoms with Gasteiger partial charge in [-0.2, -0.15) is 4.98 Å². The van der Waals surface area contributed by atoms with E-state index in [-0.39, 0.29) is 5.88 Å². The van der Waals surface area contributed by atoms with Crippen LogP contribution in [0.3, 0.4) is 0 Å². The van der Waals surface area contributed by atoms with Crippen LogP contribution in [0, 0.1) is 13.8 Å². The molecule has 0 saturated carbocycles. The van der Waals surface area contributed by atoms with Gasteiger partial charge in [-0.3, -0.25) is 4.98 Å². The number of rotatable bonds is 4. The second-order valence-electron chi connectivity index (χ2n) is 6.41.